The van der Waals surface area contributed by atoms with E-state index in [1.807, 2.05) is 0 Å². The summed E-state index contributed by atoms with van der Waals surface area (Å²) in [5.74, 6) is 3.29. The van der Waals surface area contributed by atoms with Crippen molar-refractivity contribution in [1.82, 2.24) is 5.32 Å². The fourth-order valence-corrected chi connectivity index (χ4v) is 1.82. The predicted octanol–water partition coefficient (Wildman–Crippen LogP) is -0.0561. The second-order valence-electron chi connectivity index (χ2n) is 4.04. The lowest BCUT2D eigenvalue weighted by Gasteiger charge is -2.05. The molecule has 1 amide bonds. The van der Waals surface area contributed by atoms with Crippen molar-refractivity contribution in [2.24, 2.45) is 0 Å². The van der Waals surface area contributed by atoms with Gasteiger partial charge in [-0.25, -0.2) is 12.8 Å². The average Bonchev–Trinajstić information content (AvgIpc) is 2.35. The summed E-state index contributed by atoms with van der Waals surface area (Å²) in [5, 5.41) is 10.9. The van der Waals surface area contributed by atoms with Crippen molar-refractivity contribution in [3.63, 3.8) is 0 Å². The van der Waals surface area contributed by atoms with E-state index in [1.54, 1.807) is 0 Å². The molecule has 7 heteroatoms. The molecule has 0 aliphatic rings. The molecule has 5 nitrogen and oxygen atoms in total. The van der Waals surface area contributed by atoms with Gasteiger partial charge in [0.15, 0.2) is 0 Å². The molecule has 1 aromatic rings. The fraction of sp³-hybridized carbons (Fsp3) is 0.308. The van der Waals surface area contributed by atoms with E-state index in [4.69, 9.17) is 5.11 Å². The Morgan fingerprint density at radius 1 is 1.45 bits per heavy atom. The molecule has 20 heavy (non-hydrogen) atoms. The number of carbonyl (C=O) groups excluding carboxylic acids is 1. The SMILES string of the molecule is CS(=O)(=O)CCNC(=O)c1ccc(C#CCO)c(F)c1. The smallest absolute Gasteiger partial charge is 0.251 e. The van der Waals surface area contributed by atoms with E-state index in [9.17, 15) is 17.6 Å². The summed E-state index contributed by atoms with van der Waals surface area (Å²) in [6.07, 6.45) is 1.06. The van der Waals surface area contributed by atoms with Crippen molar-refractivity contribution < 1.29 is 22.7 Å². The second kappa shape index (κ2) is 7.03. The van der Waals surface area contributed by atoms with Gasteiger partial charge in [-0.3, -0.25) is 4.79 Å². The zero-order chi connectivity index (χ0) is 15.2. The molecule has 0 spiro atoms. The number of aliphatic hydroxyl groups is 1. The Morgan fingerprint density at radius 2 is 2.15 bits per heavy atom. The van der Waals surface area contributed by atoms with Crippen molar-refractivity contribution in [1.29, 1.82) is 0 Å². The minimum absolute atomic E-state index is 0.0364. The summed E-state index contributed by atoms with van der Waals surface area (Å²) in [7, 11) is -3.16. The highest BCUT2D eigenvalue weighted by atomic mass is 32.2. The maximum atomic E-state index is 13.6. The van der Waals surface area contributed by atoms with E-state index in [-0.39, 0.29) is 30.0 Å². The molecule has 0 atom stereocenters. The van der Waals surface area contributed by atoms with Crippen LogP contribution in [0, 0.1) is 17.7 Å². The van der Waals surface area contributed by atoms with Crippen LogP contribution in [0.2, 0.25) is 0 Å². The quantitative estimate of drug-likeness (QED) is 0.763. The number of amides is 1. The van der Waals surface area contributed by atoms with Gasteiger partial charge in [-0.1, -0.05) is 11.8 Å². The van der Waals surface area contributed by atoms with Crippen LogP contribution in [0.3, 0.4) is 0 Å². The zero-order valence-corrected chi connectivity index (χ0v) is 11.6. The Kier molecular flexibility index (Phi) is 5.67. The summed E-state index contributed by atoms with van der Waals surface area (Å²) < 4.78 is 35.4. The number of benzene rings is 1. The highest BCUT2D eigenvalue weighted by molar-refractivity contribution is 7.90. The highest BCUT2D eigenvalue weighted by Gasteiger charge is 2.09. The lowest BCUT2D eigenvalue weighted by molar-refractivity contribution is 0.0955. The van der Waals surface area contributed by atoms with Crippen LogP contribution in [0.4, 0.5) is 4.39 Å². The number of carbonyl (C=O) groups is 1. The molecule has 0 saturated carbocycles. The Hall–Kier alpha value is -1.91. The first-order valence-corrected chi connectivity index (χ1v) is 7.75. The topological polar surface area (TPSA) is 83.5 Å². The number of sulfone groups is 1. The zero-order valence-electron chi connectivity index (χ0n) is 10.8. The molecule has 0 heterocycles. The normalized spacial score (nSPS) is 10.6. The summed E-state index contributed by atoms with van der Waals surface area (Å²) in [5.41, 5.74) is 0.150. The van der Waals surface area contributed by atoms with Crippen molar-refractivity contribution in [2.75, 3.05) is 25.2 Å². The Morgan fingerprint density at radius 3 is 2.70 bits per heavy atom. The van der Waals surface area contributed by atoms with Crippen LogP contribution in [0.1, 0.15) is 15.9 Å². The third-order valence-electron chi connectivity index (χ3n) is 2.29. The second-order valence-corrected chi connectivity index (χ2v) is 6.30. The average molecular weight is 299 g/mol. The maximum Gasteiger partial charge on any atom is 0.251 e. The number of aliphatic hydroxyl groups excluding tert-OH is 1. The molecule has 0 aliphatic carbocycles. The number of rotatable bonds is 4. The van der Waals surface area contributed by atoms with Crippen LogP contribution in [0.5, 0.6) is 0 Å². The number of nitrogens with one attached hydrogen (secondary N) is 1. The molecule has 0 aromatic heterocycles. The number of halogens is 1. The maximum absolute atomic E-state index is 13.6. The van der Waals surface area contributed by atoms with Gasteiger partial charge >= 0.3 is 0 Å². The molecule has 2 N–H and O–H groups in total. The van der Waals surface area contributed by atoms with Crippen LogP contribution in [0.25, 0.3) is 0 Å². The Bertz CT molecular complexity index is 659. The number of hydrogen-bond acceptors (Lipinski definition) is 4. The van der Waals surface area contributed by atoms with Crippen LogP contribution < -0.4 is 5.32 Å². The molecule has 0 saturated heterocycles. The standard InChI is InChI=1S/C13H14FNO4S/c1-20(18,19)8-6-15-13(17)11-5-4-10(3-2-7-16)12(14)9-11/h4-5,9,16H,6-8H2,1H3,(H,15,17). The first kappa shape index (κ1) is 16.1. The predicted molar refractivity (Wildman–Crippen MR) is 72.4 cm³/mol. The number of hydrogen-bond donors (Lipinski definition) is 2. The van der Waals surface area contributed by atoms with Crippen molar-refractivity contribution in [3.05, 3.63) is 35.1 Å². The van der Waals surface area contributed by atoms with Crippen LogP contribution >= 0.6 is 0 Å². The summed E-state index contributed by atoms with van der Waals surface area (Å²) in [6.45, 7) is -0.418. The van der Waals surface area contributed by atoms with E-state index >= 15 is 0 Å². The molecule has 0 radical (unpaired) electrons. The minimum Gasteiger partial charge on any atom is -0.384 e. The molecular formula is C13H14FNO4S. The largest absolute Gasteiger partial charge is 0.384 e. The first-order valence-electron chi connectivity index (χ1n) is 5.68. The van der Waals surface area contributed by atoms with E-state index in [0.717, 1.165) is 12.3 Å². The van der Waals surface area contributed by atoms with E-state index in [1.165, 1.54) is 12.1 Å². The third kappa shape index (κ3) is 5.38. The van der Waals surface area contributed by atoms with Crippen molar-refractivity contribution >= 4 is 15.7 Å². The highest BCUT2D eigenvalue weighted by Crippen LogP contribution is 2.09. The molecule has 108 valence electrons. The van der Waals surface area contributed by atoms with E-state index < -0.39 is 21.6 Å². The minimum atomic E-state index is -3.16. The Balaban J connectivity index is 2.73. The van der Waals surface area contributed by atoms with Crippen LogP contribution in [-0.2, 0) is 9.84 Å². The van der Waals surface area contributed by atoms with E-state index in [0.29, 0.717) is 0 Å². The van der Waals surface area contributed by atoms with Gasteiger partial charge in [-0.15, -0.1) is 0 Å². The van der Waals surface area contributed by atoms with E-state index in [2.05, 4.69) is 17.2 Å². The van der Waals surface area contributed by atoms with Gasteiger partial charge in [0, 0.05) is 18.4 Å². The van der Waals surface area contributed by atoms with Gasteiger partial charge in [-0.2, -0.15) is 0 Å². The first-order chi connectivity index (χ1) is 9.33. The van der Waals surface area contributed by atoms with Crippen LogP contribution in [0.15, 0.2) is 18.2 Å². The lowest BCUT2D eigenvalue weighted by atomic mass is 10.1. The molecule has 1 rings (SSSR count). The van der Waals surface area contributed by atoms with Gasteiger partial charge in [0.1, 0.15) is 22.3 Å². The van der Waals surface area contributed by atoms with Gasteiger partial charge in [0.05, 0.1) is 11.3 Å². The molecule has 0 aliphatic heterocycles. The summed E-state index contributed by atoms with van der Waals surface area (Å²) in [4.78, 5) is 11.7. The molecule has 0 bridgehead atoms. The lowest BCUT2D eigenvalue weighted by Crippen LogP contribution is -2.28. The summed E-state index contributed by atoms with van der Waals surface area (Å²) in [6, 6.07) is 3.71. The van der Waals surface area contributed by atoms with Crippen molar-refractivity contribution in [2.45, 2.75) is 0 Å². The third-order valence-corrected chi connectivity index (χ3v) is 3.24. The fourth-order valence-electron chi connectivity index (χ4n) is 1.34. The van der Waals surface area contributed by atoms with Gasteiger partial charge in [0.25, 0.3) is 5.91 Å². The Labute approximate surface area is 116 Å². The monoisotopic (exact) mass is 299 g/mol. The molecular weight excluding hydrogens is 285 g/mol. The molecule has 0 fully saturated rings. The molecule has 0 unspecified atom stereocenters. The van der Waals surface area contributed by atoms with Crippen LogP contribution in [-0.4, -0.2) is 44.6 Å². The summed E-state index contributed by atoms with van der Waals surface area (Å²) >= 11 is 0. The van der Waals surface area contributed by atoms with Gasteiger partial charge < -0.3 is 10.4 Å². The van der Waals surface area contributed by atoms with Gasteiger partial charge in [0.2, 0.25) is 0 Å². The molecule has 1 aromatic carbocycles. The van der Waals surface area contributed by atoms with Crippen molar-refractivity contribution in [3.8, 4) is 11.8 Å². The van der Waals surface area contributed by atoms with Gasteiger partial charge in [-0.05, 0) is 18.2 Å².